The van der Waals surface area contributed by atoms with E-state index in [1.54, 1.807) is 71.5 Å². The molecule has 0 aliphatic rings. The van der Waals surface area contributed by atoms with Crippen LogP contribution in [0.25, 0.3) is 32.8 Å². The van der Waals surface area contributed by atoms with Gasteiger partial charge < -0.3 is 0 Å². The summed E-state index contributed by atoms with van der Waals surface area (Å²) in [6, 6.07) is 10.2. The summed E-state index contributed by atoms with van der Waals surface area (Å²) in [6.07, 6.45) is 8.57. The highest BCUT2D eigenvalue weighted by Crippen LogP contribution is 2.23. The van der Waals surface area contributed by atoms with E-state index < -0.39 is 10.2 Å². The predicted molar refractivity (Wildman–Crippen MR) is 130 cm³/mol. The van der Waals surface area contributed by atoms with Crippen molar-refractivity contribution in [2.75, 3.05) is 4.72 Å². The van der Waals surface area contributed by atoms with Crippen LogP contribution in [-0.4, -0.2) is 33.0 Å². The molecule has 0 atom stereocenters. The number of nitrogens with one attached hydrogen (secondary N) is 2. The van der Waals surface area contributed by atoms with Crippen LogP contribution in [0.2, 0.25) is 0 Å². The van der Waals surface area contributed by atoms with Crippen molar-refractivity contribution in [1.82, 2.24) is 29.3 Å². The fourth-order valence-corrected chi connectivity index (χ4v) is 4.59. The minimum absolute atomic E-state index is 0.0892. The molecular formula is C23H21N7O3S. The lowest BCUT2D eigenvalue weighted by Gasteiger charge is -2.09. The van der Waals surface area contributed by atoms with Gasteiger partial charge in [0.2, 0.25) is 0 Å². The maximum atomic E-state index is 13.4. The van der Waals surface area contributed by atoms with Crippen LogP contribution in [0.5, 0.6) is 0 Å². The Morgan fingerprint density at radius 3 is 2.38 bits per heavy atom. The van der Waals surface area contributed by atoms with Gasteiger partial charge in [-0.15, -0.1) is 0 Å². The molecule has 5 aromatic rings. The van der Waals surface area contributed by atoms with Crippen molar-refractivity contribution >= 4 is 37.6 Å². The Morgan fingerprint density at radius 1 is 0.882 bits per heavy atom. The molecule has 0 amide bonds. The summed E-state index contributed by atoms with van der Waals surface area (Å²) in [5, 5.41) is 9.69. The number of aromatic nitrogens is 5. The van der Waals surface area contributed by atoms with E-state index >= 15 is 0 Å². The zero-order chi connectivity index (χ0) is 23.9. The average molecular weight is 476 g/mol. The van der Waals surface area contributed by atoms with Crippen LogP contribution in [0.15, 0.2) is 72.2 Å². The third-order valence-electron chi connectivity index (χ3n) is 5.40. The number of anilines is 1. The van der Waals surface area contributed by atoms with Crippen molar-refractivity contribution in [1.29, 1.82) is 0 Å². The van der Waals surface area contributed by atoms with Crippen molar-refractivity contribution in [3.05, 3.63) is 83.2 Å². The van der Waals surface area contributed by atoms with Crippen LogP contribution in [0.1, 0.15) is 5.56 Å². The van der Waals surface area contributed by atoms with E-state index in [1.807, 2.05) is 13.2 Å². The standard InChI is InChI=1S/C23H21N7O3S/c1-29-13-15(9-25-29)10-27-34(32,33)28-19-5-3-16-4-6-22-21(23(31)20(16)8-19)7-17(11-24-22)18-12-26-30(2)14-18/h3-9,11-14,27-28H,10H2,1-2H3. The Balaban J connectivity index is 1.51. The van der Waals surface area contributed by atoms with Gasteiger partial charge in [0.15, 0.2) is 5.43 Å². The topological polar surface area (TPSA) is 124 Å². The molecule has 2 aromatic carbocycles. The minimum atomic E-state index is -3.87. The van der Waals surface area contributed by atoms with E-state index in [0.717, 1.165) is 16.7 Å². The number of aryl methyl sites for hydroxylation is 2. The summed E-state index contributed by atoms with van der Waals surface area (Å²) in [7, 11) is -0.293. The van der Waals surface area contributed by atoms with E-state index in [0.29, 0.717) is 21.7 Å². The van der Waals surface area contributed by atoms with Crippen LogP contribution >= 0.6 is 0 Å². The SMILES string of the molecule is Cn1cc(CNS(=O)(=O)Nc2ccc3ccc4ncc(-c5cnn(C)c5)cc4c(=O)c3c2)cn1. The van der Waals surface area contributed by atoms with E-state index in [1.165, 1.54) is 6.07 Å². The average Bonchev–Trinajstić information content (AvgIpc) is 3.40. The van der Waals surface area contributed by atoms with Gasteiger partial charge in [-0.1, -0.05) is 12.1 Å². The second-order valence-corrected chi connectivity index (χ2v) is 9.47. The molecule has 0 fully saturated rings. The van der Waals surface area contributed by atoms with E-state index in [-0.39, 0.29) is 17.7 Å². The number of hydrogen-bond acceptors (Lipinski definition) is 6. The van der Waals surface area contributed by atoms with Gasteiger partial charge in [0.25, 0.3) is 10.2 Å². The van der Waals surface area contributed by atoms with Crippen LogP contribution < -0.4 is 14.9 Å². The van der Waals surface area contributed by atoms with Crippen LogP contribution in [0, 0.1) is 0 Å². The van der Waals surface area contributed by atoms with Crippen molar-refractivity contribution in [3.8, 4) is 11.1 Å². The van der Waals surface area contributed by atoms with Gasteiger partial charge in [-0.3, -0.25) is 23.9 Å². The summed E-state index contributed by atoms with van der Waals surface area (Å²) in [5.74, 6) is 0. The first-order chi connectivity index (χ1) is 16.3. The number of hydrogen-bond donors (Lipinski definition) is 2. The molecule has 172 valence electrons. The second kappa shape index (κ2) is 8.36. The fraction of sp³-hybridized carbons (Fsp3) is 0.130. The van der Waals surface area contributed by atoms with Crippen molar-refractivity contribution in [3.63, 3.8) is 0 Å². The molecule has 0 radical (unpaired) electrons. The molecule has 3 aromatic heterocycles. The van der Waals surface area contributed by atoms with Crippen LogP contribution in [0.4, 0.5) is 5.69 Å². The number of pyridine rings is 1. The maximum absolute atomic E-state index is 13.4. The van der Waals surface area contributed by atoms with Gasteiger partial charge in [-0.2, -0.15) is 23.3 Å². The third-order valence-corrected chi connectivity index (χ3v) is 6.43. The number of benzene rings is 1. The maximum Gasteiger partial charge on any atom is 0.299 e. The van der Waals surface area contributed by atoms with E-state index in [2.05, 4.69) is 24.6 Å². The van der Waals surface area contributed by atoms with Crippen molar-refractivity contribution in [2.45, 2.75) is 6.54 Å². The molecule has 0 spiro atoms. The zero-order valence-corrected chi connectivity index (χ0v) is 19.2. The normalized spacial score (nSPS) is 11.8. The van der Waals surface area contributed by atoms with E-state index in [4.69, 9.17) is 0 Å². The smallest absolute Gasteiger partial charge is 0.289 e. The molecule has 0 bridgehead atoms. The number of fused-ring (bicyclic) bond motifs is 2. The highest BCUT2D eigenvalue weighted by molar-refractivity contribution is 7.90. The number of rotatable bonds is 6. The summed E-state index contributed by atoms with van der Waals surface area (Å²) >= 11 is 0. The molecule has 2 N–H and O–H groups in total. The summed E-state index contributed by atoms with van der Waals surface area (Å²) in [4.78, 5) is 17.9. The van der Waals surface area contributed by atoms with Gasteiger partial charge in [0.05, 0.1) is 23.6 Å². The van der Waals surface area contributed by atoms with Crippen molar-refractivity contribution in [2.24, 2.45) is 14.1 Å². The molecule has 34 heavy (non-hydrogen) atoms. The van der Waals surface area contributed by atoms with Gasteiger partial charge in [0, 0.05) is 66.7 Å². The lowest BCUT2D eigenvalue weighted by atomic mass is 10.1. The largest absolute Gasteiger partial charge is 0.299 e. The zero-order valence-electron chi connectivity index (χ0n) is 18.4. The molecular weight excluding hydrogens is 454 g/mol. The minimum Gasteiger partial charge on any atom is -0.289 e. The molecule has 0 unspecified atom stereocenters. The monoisotopic (exact) mass is 475 g/mol. The Kier molecular flexibility index (Phi) is 5.34. The summed E-state index contributed by atoms with van der Waals surface area (Å²) in [6.45, 7) is 0.0892. The Labute approximate surface area is 195 Å². The molecule has 0 saturated heterocycles. The highest BCUT2D eigenvalue weighted by Gasteiger charge is 2.12. The highest BCUT2D eigenvalue weighted by atomic mass is 32.2. The molecule has 11 heteroatoms. The van der Waals surface area contributed by atoms with Gasteiger partial charge >= 0.3 is 0 Å². The first-order valence-electron chi connectivity index (χ1n) is 10.4. The molecule has 0 aliphatic carbocycles. The first-order valence-corrected chi connectivity index (χ1v) is 11.9. The quantitative estimate of drug-likeness (QED) is 0.389. The fourth-order valence-electron chi connectivity index (χ4n) is 3.73. The first kappa shape index (κ1) is 21.7. The Bertz CT molecular complexity index is 1710. The lowest BCUT2D eigenvalue weighted by Crippen LogP contribution is -2.29. The van der Waals surface area contributed by atoms with Gasteiger partial charge in [0.1, 0.15) is 0 Å². The Morgan fingerprint density at radius 2 is 1.65 bits per heavy atom. The molecule has 0 saturated carbocycles. The molecule has 5 rings (SSSR count). The summed E-state index contributed by atoms with van der Waals surface area (Å²) in [5.41, 5.74) is 2.93. The predicted octanol–water partition coefficient (Wildman–Crippen LogP) is 2.33. The number of nitrogens with zero attached hydrogens (tertiary/aromatic N) is 5. The lowest BCUT2D eigenvalue weighted by molar-refractivity contribution is 0.587. The third kappa shape index (κ3) is 4.38. The van der Waals surface area contributed by atoms with Crippen molar-refractivity contribution < 1.29 is 8.42 Å². The second-order valence-electron chi connectivity index (χ2n) is 7.97. The van der Waals surface area contributed by atoms with Crippen LogP contribution in [-0.2, 0) is 30.8 Å². The van der Waals surface area contributed by atoms with Crippen LogP contribution in [0.3, 0.4) is 0 Å². The molecule has 0 aliphatic heterocycles. The van der Waals surface area contributed by atoms with Gasteiger partial charge in [-0.05, 0) is 29.7 Å². The summed E-state index contributed by atoms with van der Waals surface area (Å²) < 4.78 is 33.3. The molecule has 3 heterocycles. The van der Waals surface area contributed by atoms with Gasteiger partial charge in [-0.25, -0.2) is 0 Å². The van der Waals surface area contributed by atoms with E-state index in [9.17, 15) is 13.2 Å². The Hall–Kier alpha value is -4.09. The molecule has 10 nitrogen and oxygen atoms in total.